The van der Waals surface area contributed by atoms with E-state index in [9.17, 15) is 9.90 Å². The summed E-state index contributed by atoms with van der Waals surface area (Å²) < 4.78 is 9.83. The molecule has 0 aliphatic heterocycles. The zero-order chi connectivity index (χ0) is 12.8. The predicted octanol–water partition coefficient (Wildman–Crippen LogP) is 1.47. The van der Waals surface area contributed by atoms with Gasteiger partial charge in [0.25, 0.3) is 0 Å². The SMILES string of the molecule is CCOc1ccc(CC(O)C(=O)OC)c(C)c1. The average Bonchev–Trinajstić information content (AvgIpc) is 2.31. The van der Waals surface area contributed by atoms with Gasteiger partial charge in [-0.1, -0.05) is 6.07 Å². The first kappa shape index (κ1) is 13.5. The first-order valence-electron chi connectivity index (χ1n) is 5.56. The summed E-state index contributed by atoms with van der Waals surface area (Å²) in [6.45, 7) is 4.45. The molecule has 0 bridgehead atoms. The van der Waals surface area contributed by atoms with E-state index in [0.29, 0.717) is 6.61 Å². The molecular weight excluding hydrogens is 220 g/mol. The average molecular weight is 238 g/mol. The summed E-state index contributed by atoms with van der Waals surface area (Å²) in [5.74, 6) is 0.180. The quantitative estimate of drug-likeness (QED) is 0.789. The summed E-state index contributed by atoms with van der Waals surface area (Å²) in [6, 6.07) is 5.57. The Hall–Kier alpha value is -1.55. The van der Waals surface area contributed by atoms with Crippen molar-refractivity contribution in [2.45, 2.75) is 26.4 Å². The van der Waals surface area contributed by atoms with E-state index >= 15 is 0 Å². The van der Waals surface area contributed by atoms with Crippen LogP contribution in [-0.2, 0) is 16.0 Å². The molecule has 0 spiro atoms. The standard InChI is InChI=1S/C13H18O4/c1-4-17-11-6-5-10(9(2)7-11)8-12(14)13(15)16-3/h5-7,12,14H,4,8H2,1-3H3. The molecule has 4 nitrogen and oxygen atoms in total. The third-order valence-electron chi connectivity index (χ3n) is 2.51. The number of aliphatic hydroxyl groups excluding tert-OH is 1. The minimum absolute atomic E-state index is 0.255. The van der Waals surface area contributed by atoms with Crippen LogP contribution in [0.2, 0.25) is 0 Å². The molecule has 0 radical (unpaired) electrons. The van der Waals surface area contributed by atoms with Crippen molar-refractivity contribution >= 4 is 5.97 Å². The smallest absolute Gasteiger partial charge is 0.335 e. The van der Waals surface area contributed by atoms with Crippen molar-refractivity contribution in [3.8, 4) is 5.75 Å². The summed E-state index contributed by atoms with van der Waals surface area (Å²) in [5, 5.41) is 9.56. The largest absolute Gasteiger partial charge is 0.494 e. The Labute approximate surface area is 101 Å². The summed E-state index contributed by atoms with van der Waals surface area (Å²) in [7, 11) is 1.26. The molecule has 0 heterocycles. The van der Waals surface area contributed by atoms with Crippen molar-refractivity contribution in [3.05, 3.63) is 29.3 Å². The predicted molar refractivity (Wildman–Crippen MR) is 64.1 cm³/mol. The van der Waals surface area contributed by atoms with Crippen LogP contribution in [-0.4, -0.2) is 30.9 Å². The highest BCUT2D eigenvalue weighted by molar-refractivity contribution is 5.74. The molecule has 0 amide bonds. The van der Waals surface area contributed by atoms with E-state index in [0.717, 1.165) is 16.9 Å². The maximum absolute atomic E-state index is 11.1. The second-order valence-corrected chi connectivity index (χ2v) is 3.76. The summed E-state index contributed by atoms with van der Waals surface area (Å²) >= 11 is 0. The molecule has 1 N–H and O–H groups in total. The van der Waals surface area contributed by atoms with Gasteiger partial charge in [-0.15, -0.1) is 0 Å². The number of benzene rings is 1. The van der Waals surface area contributed by atoms with Gasteiger partial charge in [-0.25, -0.2) is 4.79 Å². The van der Waals surface area contributed by atoms with Crippen LogP contribution in [0.25, 0.3) is 0 Å². The second kappa shape index (κ2) is 6.25. The Morgan fingerprint density at radius 2 is 2.18 bits per heavy atom. The Kier molecular flexibility index (Phi) is 4.97. The fourth-order valence-corrected chi connectivity index (χ4v) is 1.58. The zero-order valence-corrected chi connectivity index (χ0v) is 10.4. The van der Waals surface area contributed by atoms with Crippen molar-refractivity contribution in [1.29, 1.82) is 0 Å². The molecule has 1 aromatic carbocycles. The maximum atomic E-state index is 11.1. The summed E-state index contributed by atoms with van der Waals surface area (Å²) in [4.78, 5) is 11.1. The van der Waals surface area contributed by atoms with Crippen LogP contribution in [0.15, 0.2) is 18.2 Å². The number of esters is 1. The lowest BCUT2D eigenvalue weighted by Gasteiger charge is -2.12. The van der Waals surface area contributed by atoms with Gasteiger partial charge in [0.15, 0.2) is 6.10 Å². The molecule has 1 unspecified atom stereocenters. The molecule has 0 aromatic heterocycles. The molecule has 0 saturated carbocycles. The molecule has 94 valence electrons. The van der Waals surface area contributed by atoms with E-state index in [1.54, 1.807) is 0 Å². The number of ether oxygens (including phenoxy) is 2. The minimum atomic E-state index is -1.11. The van der Waals surface area contributed by atoms with Crippen molar-refractivity contribution in [3.63, 3.8) is 0 Å². The van der Waals surface area contributed by atoms with E-state index < -0.39 is 12.1 Å². The Morgan fingerprint density at radius 1 is 1.47 bits per heavy atom. The molecule has 1 rings (SSSR count). The lowest BCUT2D eigenvalue weighted by atomic mass is 10.0. The zero-order valence-electron chi connectivity index (χ0n) is 10.4. The van der Waals surface area contributed by atoms with Crippen LogP contribution < -0.4 is 4.74 Å². The van der Waals surface area contributed by atoms with E-state index in [2.05, 4.69) is 4.74 Å². The normalized spacial score (nSPS) is 12.0. The van der Waals surface area contributed by atoms with Gasteiger partial charge < -0.3 is 14.6 Å². The molecule has 0 aliphatic carbocycles. The van der Waals surface area contributed by atoms with Crippen LogP contribution in [0, 0.1) is 6.92 Å². The molecule has 4 heteroatoms. The van der Waals surface area contributed by atoms with E-state index in [4.69, 9.17) is 4.74 Å². The second-order valence-electron chi connectivity index (χ2n) is 3.76. The van der Waals surface area contributed by atoms with Gasteiger partial charge >= 0.3 is 5.97 Å². The fraction of sp³-hybridized carbons (Fsp3) is 0.462. The van der Waals surface area contributed by atoms with Crippen molar-refractivity contribution < 1.29 is 19.4 Å². The third-order valence-corrected chi connectivity index (χ3v) is 2.51. The minimum Gasteiger partial charge on any atom is -0.494 e. The van der Waals surface area contributed by atoms with Crippen molar-refractivity contribution in [2.75, 3.05) is 13.7 Å². The topological polar surface area (TPSA) is 55.8 Å². The number of carbonyl (C=O) groups excluding carboxylic acids is 1. The Morgan fingerprint density at radius 3 is 2.71 bits per heavy atom. The van der Waals surface area contributed by atoms with Gasteiger partial charge in [0.2, 0.25) is 0 Å². The van der Waals surface area contributed by atoms with Gasteiger partial charge in [-0.05, 0) is 37.1 Å². The van der Waals surface area contributed by atoms with Gasteiger partial charge in [0.1, 0.15) is 5.75 Å². The molecule has 0 fully saturated rings. The van der Waals surface area contributed by atoms with Crippen LogP contribution in [0.1, 0.15) is 18.1 Å². The van der Waals surface area contributed by atoms with Crippen LogP contribution >= 0.6 is 0 Å². The van der Waals surface area contributed by atoms with Crippen molar-refractivity contribution in [1.82, 2.24) is 0 Å². The first-order chi connectivity index (χ1) is 8.08. The van der Waals surface area contributed by atoms with E-state index in [-0.39, 0.29) is 6.42 Å². The molecule has 17 heavy (non-hydrogen) atoms. The van der Waals surface area contributed by atoms with Crippen molar-refractivity contribution in [2.24, 2.45) is 0 Å². The Bertz CT molecular complexity index is 387. The number of methoxy groups -OCH3 is 1. The van der Waals surface area contributed by atoms with Crippen LogP contribution in [0.4, 0.5) is 0 Å². The maximum Gasteiger partial charge on any atom is 0.335 e. The van der Waals surface area contributed by atoms with Gasteiger partial charge in [-0.2, -0.15) is 0 Å². The molecule has 1 atom stereocenters. The number of aryl methyl sites for hydroxylation is 1. The molecule has 0 saturated heterocycles. The summed E-state index contributed by atoms with van der Waals surface area (Å²) in [6.07, 6.45) is -0.859. The number of carbonyl (C=O) groups is 1. The number of hydrogen-bond acceptors (Lipinski definition) is 4. The fourth-order valence-electron chi connectivity index (χ4n) is 1.58. The van der Waals surface area contributed by atoms with Crippen LogP contribution in [0.5, 0.6) is 5.75 Å². The lowest BCUT2D eigenvalue weighted by Crippen LogP contribution is -2.24. The number of hydrogen-bond donors (Lipinski definition) is 1. The van der Waals surface area contributed by atoms with Crippen LogP contribution in [0.3, 0.4) is 0 Å². The van der Waals surface area contributed by atoms with Gasteiger partial charge in [0, 0.05) is 6.42 Å². The molecule has 0 aliphatic rings. The monoisotopic (exact) mass is 238 g/mol. The highest BCUT2D eigenvalue weighted by Crippen LogP contribution is 2.18. The number of aliphatic hydroxyl groups is 1. The third kappa shape index (κ3) is 3.75. The molecule has 1 aromatic rings. The summed E-state index contributed by atoms with van der Waals surface area (Å²) in [5.41, 5.74) is 1.89. The van der Waals surface area contributed by atoms with E-state index in [1.165, 1.54) is 7.11 Å². The Balaban J connectivity index is 2.75. The highest BCUT2D eigenvalue weighted by atomic mass is 16.5. The lowest BCUT2D eigenvalue weighted by molar-refractivity contribution is -0.150. The first-order valence-corrected chi connectivity index (χ1v) is 5.56. The van der Waals surface area contributed by atoms with Gasteiger partial charge in [-0.3, -0.25) is 0 Å². The molecular formula is C13H18O4. The highest BCUT2D eigenvalue weighted by Gasteiger charge is 2.16. The number of rotatable bonds is 5. The van der Waals surface area contributed by atoms with Gasteiger partial charge in [0.05, 0.1) is 13.7 Å². The van der Waals surface area contributed by atoms with E-state index in [1.807, 2.05) is 32.0 Å².